The van der Waals surface area contributed by atoms with E-state index in [0.717, 1.165) is 49.1 Å². The van der Waals surface area contributed by atoms with Crippen LogP contribution in [-0.2, 0) is 110 Å². The molecule has 0 atom stereocenters. The average molecular weight is 1780 g/mol. The molecule has 2 aliphatic rings. The summed E-state index contributed by atoms with van der Waals surface area (Å²) in [4.78, 5) is 156. The van der Waals surface area contributed by atoms with Crippen LogP contribution in [0.4, 0.5) is 0 Å². The smallest absolute Gasteiger partial charge is 0.373 e. The molecule has 0 aliphatic carbocycles. The van der Waals surface area contributed by atoms with Crippen molar-refractivity contribution in [2.45, 2.75) is 165 Å². The highest BCUT2D eigenvalue weighted by Crippen LogP contribution is 2.15. The number of hydrogen-bond acceptors (Lipinski definition) is 29. The Morgan fingerprint density at radius 2 is 0.658 bits per heavy atom. The maximum Gasteiger partial charge on any atom is 0.373 e. The van der Waals surface area contributed by atoms with Crippen molar-refractivity contribution in [2.75, 3.05) is 200 Å². The number of rotatable bonds is 31. The van der Waals surface area contributed by atoms with Crippen LogP contribution in [0.15, 0.2) is 91.0 Å². The highest BCUT2D eigenvalue weighted by atomic mass is 79.9. The number of alkyl halides is 2. The molecule has 0 radical (unpaired) electrons. The third kappa shape index (κ3) is 62.5. The number of carbonyl (C=O) groups is 10. The number of aliphatic carboxylic acids is 1. The van der Waals surface area contributed by atoms with E-state index in [2.05, 4.69) is 73.8 Å². The summed E-state index contributed by atoms with van der Waals surface area (Å²) in [6.07, 6.45) is 1.18. The van der Waals surface area contributed by atoms with Crippen LogP contribution in [0, 0.1) is 0 Å². The molecule has 0 aromatic heterocycles. The molecule has 0 saturated carbocycles. The second-order valence-electron chi connectivity index (χ2n) is 33.4. The SMILES string of the molecule is CC(=O)CN1CCN(CC(=O)OC(C)(C)C)CCN(CCN(CC(=O)O)CC(=O)OCc2ccccc2)CCN(CC(=O)OC(C)(C)C)CC1.CC(=O)CN1CCN(CC(=O)OC(C)(C)C)CCNCCN(CC(=O)OC(C)(C)C)CC1.CC(C)(C)OC(=O)CBr.O=C(CN(CCBr)CCc1ccccc1)OCc1ccccc1.O=C=O. The minimum Gasteiger partial charge on any atom is -0.480 e. The van der Waals surface area contributed by atoms with E-state index in [9.17, 15) is 53.1 Å². The average Bonchev–Trinajstić information content (AvgIpc) is 0.863. The second-order valence-corrected chi connectivity index (χ2v) is 34.8. The van der Waals surface area contributed by atoms with E-state index in [-0.39, 0.29) is 123 Å². The van der Waals surface area contributed by atoms with Crippen molar-refractivity contribution in [3.8, 4) is 0 Å². The number of carboxylic acids is 1. The van der Waals surface area contributed by atoms with Crippen molar-refractivity contribution in [3.63, 3.8) is 0 Å². The minimum atomic E-state index is -1.06. The summed E-state index contributed by atoms with van der Waals surface area (Å²) in [5, 5.41) is 14.1. The van der Waals surface area contributed by atoms with Crippen molar-refractivity contribution in [3.05, 3.63) is 108 Å². The number of benzene rings is 3. The molecule has 2 heterocycles. The number of nitrogens with zero attached hydrogens (tertiary/aromatic N) is 9. The van der Waals surface area contributed by atoms with Gasteiger partial charge in [0.2, 0.25) is 0 Å². The highest BCUT2D eigenvalue weighted by Gasteiger charge is 2.28. The van der Waals surface area contributed by atoms with E-state index in [1.807, 2.05) is 197 Å². The molecule has 117 heavy (non-hydrogen) atoms. The van der Waals surface area contributed by atoms with Crippen LogP contribution in [0.25, 0.3) is 0 Å². The Hall–Kier alpha value is -7.30. The molecule has 5 rings (SSSR count). The Morgan fingerprint density at radius 1 is 0.376 bits per heavy atom. The van der Waals surface area contributed by atoms with E-state index in [1.54, 1.807) is 18.7 Å². The van der Waals surface area contributed by atoms with Crippen LogP contribution in [0.5, 0.6) is 0 Å². The summed E-state index contributed by atoms with van der Waals surface area (Å²) in [5.41, 5.74) is 0.474. The lowest BCUT2D eigenvalue weighted by Gasteiger charge is -2.34. The quantitative estimate of drug-likeness (QED) is 0.0365. The lowest BCUT2D eigenvalue weighted by molar-refractivity contribution is -0.192. The van der Waals surface area contributed by atoms with E-state index >= 15 is 0 Å². The van der Waals surface area contributed by atoms with Crippen LogP contribution in [0.3, 0.4) is 0 Å². The fraction of sp³-hybridized carbons (Fsp3) is 0.659. The van der Waals surface area contributed by atoms with Gasteiger partial charge in [-0.3, -0.25) is 92.0 Å². The van der Waals surface area contributed by atoms with Gasteiger partial charge >= 0.3 is 53.9 Å². The van der Waals surface area contributed by atoms with Gasteiger partial charge in [0.25, 0.3) is 0 Å². The maximum atomic E-state index is 12.8. The molecule has 2 aliphatic heterocycles. The third-order valence-electron chi connectivity index (χ3n) is 16.4. The van der Waals surface area contributed by atoms with E-state index in [4.69, 9.17) is 42.7 Å². The molecule has 660 valence electrons. The first kappa shape index (κ1) is 108. The van der Waals surface area contributed by atoms with Crippen LogP contribution in [0.1, 0.15) is 134 Å². The van der Waals surface area contributed by atoms with Gasteiger partial charge in [-0.25, -0.2) is 0 Å². The number of carbonyl (C=O) groups excluding carboxylic acids is 11. The first-order chi connectivity index (χ1) is 54.7. The molecule has 2 saturated heterocycles. The number of nitrogens with one attached hydrogen (secondary N) is 1. The number of Topliss-reactive ketones (excluding diaryl/α,β-unsaturated/α-hetero) is 2. The second kappa shape index (κ2) is 58.6. The van der Waals surface area contributed by atoms with Gasteiger partial charge in [0, 0.05) is 136 Å². The van der Waals surface area contributed by atoms with Gasteiger partial charge in [-0.15, -0.1) is 0 Å². The summed E-state index contributed by atoms with van der Waals surface area (Å²) in [5.74, 6) is -3.05. The molecule has 0 bridgehead atoms. The summed E-state index contributed by atoms with van der Waals surface area (Å²) < 4.78 is 37.8. The van der Waals surface area contributed by atoms with Crippen molar-refractivity contribution in [2.24, 2.45) is 0 Å². The lowest BCUT2D eigenvalue weighted by atomic mass is 10.1. The minimum absolute atomic E-state index is 0.0236. The summed E-state index contributed by atoms with van der Waals surface area (Å²) in [6, 6.07) is 29.3. The van der Waals surface area contributed by atoms with Gasteiger partial charge in [-0.2, -0.15) is 9.59 Å². The number of esters is 7. The first-order valence-corrected chi connectivity index (χ1v) is 42.1. The summed E-state index contributed by atoms with van der Waals surface area (Å²) >= 11 is 6.44. The van der Waals surface area contributed by atoms with Crippen molar-refractivity contribution < 1.29 is 95.8 Å². The van der Waals surface area contributed by atoms with Gasteiger partial charge < -0.3 is 43.6 Å². The van der Waals surface area contributed by atoms with Gasteiger partial charge in [0.15, 0.2) is 0 Å². The van der Waals surface area contributed by atoms with Gasteiger partial charge in [-0.1, -0.05) is 123 Å². The highest BCUT2D eigenvalue weighted by molar-refractivity contribution is 9.09. The van der Waals surface area contributed by atoms with Crippen molar-refractivity contribution in [1.82, 2.24) is 49.4 Å². The Balaban J connectivity index is 0.000000868. The Labute approximate surface area is 712 Å². The Kier molecular flexibility index (Phi) is 53.9. The summed E-state index contributed by atoms with van der Waals surface area (Å²) in [6.45, 7) is 44.1. The predicted octanol–water partition coefficient (Wildman–Crippen LogP) is 7.19. The van der Waals surface area contributed by atoms with Crippen molar-refractivity contribution in [1.29, 1.82) is 0 Å². The van der Waals surface area contributed by atoms with Gasteiger partial charge in [0.05, 0.1) is 58.9 Å². The van der Waals surface area contributed by atoms with Crippen LogP contribution in [0.2, 0.25) is 0 Å². The van der Waals surface area contributed by atoms with Gasteiger partial charge in [0.1, 0.15) is 58.1 Å². The summed E-state index contributed by atoms with van der Waals surface area (Å²) in [7, 11) is 0. The van der Waals surface area contributed by atoms with E-state index in [1.165, 1.54) is 5.56 Å². The number of carboxylic acid groups (broad SMARTS) is 1. The maximum absolute atomic E-state index is 12.8. The van der Waals surface area contributed by atoms with Gasteiger partial charge in [-0.05, 0) is 141 Å². The molecule has 0 spiro atoms. The fourth-order valence-corrected chi connectivity index (χ4v) is 12.0. The standard InChI is InChI=1S/C36H59N5O9.C23H44N4O5.C19H22BrNO2.C6H11BrO2.CO2/c1-29(42)23-38-18-20-39(26-33(46)49-35(2,3)4)16-13-37(14-17-40(21-19-38)27-34(47)50-36(5,6)7)15-22-41(24-31(43)44)25-32(45)48-28-30-11-9-8-10-12-30;1-19(28)16-27-14-12-25(17-20(29)31-22(2,3)4)10-8-24-9-11-26(13-15-27)18-21(30)32-23(5,6)7;20-12-14-21(13-11-17-7-3-1-4-8-17)15-19(22)23-16-18-9-5-2-6-10-18;1-6(2,3)9-5(8)4-7;2-1-3/h8-12H,13-28H2,1-7H3,(H,43,44);24H,8-18H2,1-7H3;1-10H,11-16H2;4H2,1-3H3;. The van der Waals surface area contributed by atoms with Crippen LogP contribution < -0.4 is 5.32 Å². The molecule has 3 aromatic rings. The van der Waals surface area contributed by atoms with E-state index in [0.29, 0.717) is 118 Å². The largest absolute Gasteiger partial charge is 0.480 e. The zero-order chi connectivity index (χ0) is 88.2. The van der Waals surface area contributed by atoms with Crippen LogP contribution >= 0.6 is 31.9 Å². The topological polar surface area (TPSA) is 331 Å². The number of ether oxygens (including phenoxy) is 7. The Bertz CT molecular complexity index is 3310. The Morgan fingerprint density at radius 3 is 0.940 bits per heavy atom. The first-order valence-electron chi connectivity index (χ1n) is 39.8. The molecule has 0 amide bonds. The molecular formula is C85H136Br2N10O20. The number of ketones is 2. The number of halogens is 2. The third-order valence-corrected chi connectivity index (χ3v) is 17.2. The fourth-order valence-electron chi connectivity index (χ4n) is 11.4. The predicted molar refractivity (Wildman–Crippen MR) is 454 cm³/mol. The molecule has 2 fully saturated rings. The molecule has 3 aromatic carbocycles. The monoisotopic (exact) mass is 1770 g/mol. The normalized spacial score (nSPS) is 15.3. The van der Waals surface area contributed by atoms with Crippen molar-refractivity contribution >= 4 is 97.3 Å². The molecule has 30 nitrogen and oxygen atoms in total. The number of hydrogen-bond donors (Lipinski definition) is 2. The van der Waals surface area contributed by atoms with E-state index < -0.39 is 34.3 Å². The zero-order valence-electron chi connectivity index (χ0n) is 72.7. The molecule has 32 heteroatoms. The molecule has 2 N–H and O–H groups in total. The lowest BCUT2D eigenvalue weighted by Crippen LogP contribution is -2.50. The van der Waals surface area contributed by atoms with Crippen LogP contribution in [-0.4, -0.2) is 343 Å². The molecule has 0 unspecified atom stereocenters. The zero-order valence-corrected chi connectivity index (χ0v) is 75.9. The molecular weight excluding hydrogens is 1640 g/mol.